The maximum Gasteiger partial charge on any atom is 0.243 e. The van der Waals surface area contributed by atoms with Crippen LogP contribution in [0.15, 0.2) is 23.1 Å². The fourth-order valence-corrected chi connectivity index (χ4v) is 3.08. The number of aryl methyl sites for hydroxylation is 1. The molecule has 0 atom stereocenters. The van der Waals surface area contributed by atoms with Gasteiger partial charge in [-0.2, -0.15) is 0 Å². The van der Waals surface area contributed by atoms with E-state index in [1.54, 1.807) is 32.2 Å². The van der Waals surface area contributed by atoms with Crippen molar-refractivity contribution < 1.29 is 8.42 Å². The van der Waals surface area contributed by atoms with E-state index in [2.05, 4.69) is 13.8 Å². The second kappa shape index (κ2) is 5.71. The lowest BCUT2D eigenvalue weighted by molar-refractivity contribution is 0.428. The minimum atomic E-state index is -3.40. The molecule has 1 aromatic carbocycles. The Kier molecular flexibility index (Phi) is 4.76. The van der Waals surface area contributed by atoms with Gasteiger partial charge in [0.15, 0.2) is 0 Å². The van der Waals surface area contributed by atoms with Gasteiger partial charge in [0.2, 0.25) is 10.0 Å². The van der Waals surface area contributed by atoms with Crippen molar-refractivity contribution in [2.75, 3.05) is 19.3 Å². The molecule has 4 nitrogen and oxygen atoms in total. The van der Waals surface area contributed by atoms with E-state index in [9.17, 15) is 8.42 Å². The van der Waals surface area contributed by atoms with Crippen LogP contribution in [-0.2, 0) is 10.0 Å². The molecule has 0 aliphatic heterocycles. The molecular weight excluding hydrogens is 248 g/mol. The molecule has 0 fully saturated rings. The first kappa shape index (κ1) is 15.0. The third kappa shape index (κ3) is 3.46. The molecule has 0 spiro atoms. The maximum atomic E-state index is 12.4. The summed E-state index contributed by atoms with van der Waals surface area (Å²) in [7, 11) is -1.79. The van der Waals surface area contributed by atoms with E-state index < -0.39 is 10.0 Å². The van der Waals surface area contributed by atoms with Gasteiger partial charge in [-0.25, -0.2) is 12.7 Å². The van der Waals surface area contributed by atoms with Crippen LogP contribution >= 0.6 is 0 Å². The van der Waals surface area contributed by atoms with Gasteiger partial charge in [-0.3, -0.25) is 0 Å². The van der Waals surface area contributed by atoms with Crippen molar-refractivity contribution >= 4 is 15.7 Å². The summed E-state index contributed by atoms with van der Waals surface area (Å²) in [5.74, 6) is 0.482. The van der Waals surface area contributed by atoms with Crippen molar-refractivity contribution in [1.82, 2.24) is 4.31 Å². The largest absolute Gasteiger partial charge is 0.399 e. The van der Waals surface area contributed by atoms with Crippen molar-refractivity contribution in [1.29, 1.82) is 0 Å². The molecule has 0 saturated heterocycles. The number of nitrogens with zero attached hydrogens (tertiary/aromatic N) is 1. The SMILES string of the molecule is Cc1cc(N)ccc1S(=O)(=O)N(C)CCC(C)C. The average molecular weight is 270 g/mol. The minimum absolute atomic E-state index is 0.336. The lowest BCUT2D eigenvalue weighted by Gasteiger charge is -2.19. The molecule has 0 bridgehead atoms. The predicted molar refractivity (Wildman–Crippen MR) is 74.9 cm³/mol. The maximum absolute atomic E-state index is 12.4. The van der Waals surface area contributed by atoms with Crippen LogP contribution in [0.5, 0.6) is 0 Å². The summed E-state index contributed by atoms with van der Waals surface area (Å²) < 4.78 is 26.1. The summed E-state index contributed by atoms with van der Waals surface area (Å²) in [6.45, 7) is 6.45. The van der Waals surface area contributed by atoms with E-state index in [0.29, 0.717) is 28.6 Å². The monoisotopic (exact) mass is 270 g/mol. The Hall–Kier alpha value is -1.07. The van der Waals surface area contributed by atoms with Gasteiger partial charge in [-0.15, -0.1) is 0 Å². The van der Waals surface area contributed by atoms with Crippen molar-refractivity contribution in [3.05, 3.63) is 23.8 Å². The molecule has 0 amide bonds. The third-order valence-corrected chi connectivity index (χ3v) is 4.93. The standard InChI is InChI=1S/C13H22N2O2S/c1-10(2)7-8-15(4)18(16,17)13-6-5-12(14)9-11(13)3/h5-6,9-10H,7-8,14H2,1-4H3. The number of rotatable bonds is 5. The van der Waals surface area contributed by atoms with Crippen LogP contribution in [0.25, 0.3) is 0 Å². The molecule has 0 heterocycles. The Morgan fingerprint density at radius 3 is 2.44 bits per heavy atom. The number of benzene rings is 1. The van der Waals surface area contributed by atoms with Gasteiger partial charge in [0.05, 0.1) is 4.90 Å². The zero-order chi connectivity index (χ0) is 13.9. The lowest BCUT2D eigenvalue weighted by Crippen LogP contribution is -2.29. The topological polar surface area (TPSA) is 63.4 Å². The fourth-order valence-electron chi connectivity index (χ4n) is 1.69. The van der Waals surface area contributed by atoms with Gasteiger partial charge in [-0.1, -0.05) is 13.8 Å². The van der Waals surface area contributed by atoms with Gasteiger partial charge in [-0.05, 0) is 43.0 Å². The summed E-state index contributed by atoms with van der Waals surface area (Å²) in [5, 5.41) is 0. The quantitative estimate of drug-likeness (QED) is 0.835. The molecule has 102 valence electrons. The highest BCUT2D eigenvalue weighted by atomic mass is 32.2. The zero-order valence-electron chi connectivity index (χ0n) is 11.5. The second-order valence-corrected chi connectivity index (χ2v) is 7.05. The first-order valence-corrected chi connectivity index (χ1v) is 7.51. The summed E-state index contributed by atoms with van der Waals surface area (Å²) in [4.78, 5) is 0.336. The molecule has 5 heteroatoms. The highest BCUT2D eigenvalue weighted by Gasteiger charge is 2.22. The van der Waals surface area contributed by atoms with Crippen molar-refractivity contribution in [2.45, 2.75) is 32.1 Å². The Balaban J connectivity index is 2.98. The van der Waals surface area contributed by atoms with Gasteiger partial charge < -0.3 is 5.73 Å². The van der Waals surface area contributed by atoms with Crippen molar-refractivity contribution in [3.63, 3.8) is 0 Å². The average Bonchev–Trinajstić information content (AvgIpc) is 2.24. The first-order valence-electron chi connectivity index (χ1n) is 6.07. The number of nitrogen functional groups attached to an aromatic ring is 1. The molecule has 0 aromatic heterocycles. The zero-order valence-corrected chi connectivity index (χ0v) is 12.3. The van der Waals surface area contributed by atoms with Crippen LogP contribution in [0.3, 0.4) is 0 Å². The number of hydrogen-bond donors (Lipinski definition) is 1. The summed E-state index contributed by atoms with van der Waals surface area (Å²) >= 11 is 0. The van der Waals surface area contributed by atoms with Crippen LogP contribution in [0.2, 0.25) is 0 Å². The molecule has 0 aliphatic carbocycles. The fraction of sp³-hybridized carbons (Fsp3) is 0.538. The molecule has 1 aromatic rings. The van der Waals surface area contributed by atoms with Gasteiger partial charge in [0.1, 0.15) is 0 Å². The summed E-state index contributed by atoms with van der Waals surface area (Å²) in [5.41, 5.74) is 6.90. The van der Waals surface area contributed by atoms with E-state index in [-0.39, 0.29) is 0 Å². The summed E-state index contributed by atoms with van der Waals surface area (Å²) in [6.07, 6.45) is 0.851. The van der Waals surface area contributed by atoms with Gasteiger partial charge in [0, 0.05) is 19.3 Å². The molecular formula is C13H22N2O2S. The summed E-state index contributed by atoms with van der Waals surface area (Å²) in [6, 6.07) is 4.88. The van der Waals surface area contributed by atoms with Gasteiger partial charge >= 0.3 is 0 Å². The minimum Gasteiger partial charge on any atom is -0.399 e. The Bertz CT molecular complexity index is 510. The number of nitrogens with two attached hydrogens (primary N) is 1. The van der Waals surface area contributed by atoms with Crippen LogP contribution in [0.4, 0.5) is 5.69 Å². The first-order chi connectivity index (χ1) is 8.25. The van der Waals surface area contributed by atoms with Crippen LogP contribution in [0, 0.1) is 12.8 Å². The normalized spacial score (nSPS) is 12.3. The Morgan fingerprint density at radius 2 is 1.94 bits per heavy atom. The molecule has 0 radical (unpaired) electrons. The van der Waals surface area contributed by atoms with E-state index in [4.69, 9.17) is 5.73 Å². The third-order valence-electron chi connectivity index (χ3n) is 2.91. The molecule has 0 saturated carbocycles. The number of anilines is 1. The molecule has 18 heavy (non-hydrogen) atoms. The highest BCUT2D eigenvalue weighted by Crippen LogP contribution is 2.21. The Morgan fingerprint density at radius 1 is 1.33 bits per heavy atom. The van der Waals surface area contributed by atoms with Crippen molar-refractivity contribution in [2.24, 2.45) is 5.92 Å². The van der Waals surface area contributed by atoms with E-state index in [1.165, 1.54) is 4.31 Å². The molecule has 1 rings (SSSR count). The van der Waals surface area contributed by atoms with Crippen LogP contribution < -0.4 is 5.73 Å². The van der Waals surface area contributed by atoms with Crippen molar-refractivity contribution in [3.8, 4) is 0 Å². The second-order valence-electron chi connectivity index (χ2n) is 5.03. The van der Waals surface area contributed by atoms with Crippen LogP contribution in [0.1, 0.15) is 25.8 Å². The highest BCUT2D eigenvalue weighted by molar-refractivity contribution is 7.89. The van der Waals surface area contributed by atoms with E-state index in [1.807, 2.05) is 0 Å². The number of sulfonamides is 1. The molecule has 0 aliphatic rings. The smallest absolute Gasteiger partial charge is 0.243 e. The van der Waals surface area contributed by atoms with Gasteiger partial charge in [0.25, 0.3) is 0 Å². The molecule has 0 unspecified atom stereocenters. The Labute approximate surface area is 110 Å². The predicted octanol–water partition coefficient (Wildman–Crippen LogP) is 2.24. The van der Waals surface area contributed by atoms with E-state index in [0.717, 1.165) is 6.42 Å². The van der Waals surface area contributed by atoms with E-state index >= 15 is 0 Å². The van der Waals surface area contributed by atoms with Crippen LogP contribution in [-0.4, -0.2) is 26.3 Å². The molecule has 2 N–H and O–H groups in total. The lowest BCUT2D eigenvalue weighted by atomic mass is 10.1. The number of hydrogen-bond acceptors (Lipinski definition) is 3.